The highest BCUT2D eigenvalue weighted by atomic mass is 19.1. The second-order valence-corrected chi connectivity index (χ2v) is 8.14. The average Bonchev–Trinajstić information content (AvgIpc) is 2.74. The van der Waals surface area contributed by atoms with E-state index in [1.54, 1.807) is 19.1 Å². The molecule has 2 aromatic carbocycles. The smallest absolute Gasteiger partial charge is 0.376 e. The molecule has 0 radical (unpaired) electrons. The van der Waals surface area contributed by atoms with Crippen LogP contribution in [0, 0.1) is 24.1 Å². The van der Waals surface area contributed by atoms with Crippen molar-refractivity contribution < 1.29 is 9.41 Å². The largest absolute Gasteiger partial charge is 0.437 e. The van der Waals surface area contributed by atoms with E-state index in [-0.39, 0.29) is 17.7 Å². The van der Waals surface area contributed by atoms with E-state index >= 15 is 0 Å². The molecule has 31 heavy (non-hydrogen) atoms. The van der Waals surface area contributed by atoms with Gasteiger partial charge in [-0.25, -0.2) is 9.37 Å². The van der Waals surface area contributed by atoms with Crippen molar-refractivity contribution in [3.05, 3.63) is 53.5 Å². The Morgan fingerprint density at radius 1 is 1.32 bits per heavy atom. The maximum absolute atomic E-state index is 14.7. The van der Waals surface area contributed by atoms with Gasteiger partial charge in [-0.2, -0.15) is 5.26 Å². The summed E-state index contributed by atoms with van der Waals surface area (Å²) in [5.41, 5.74) is 9.15. The van der Waals surface area contributed by atoms with Gasteiger partial charge in [0.25, 0.3) is 0 Å². The third kappa shape index (κ3) is 4.07. The number of benzene rings is 2. The average molecular weight is 417 g/mol. The van der Waals surface area contributed by atoms with Crippen molar-refractivity contribution in [2.45, 2.75) is 32.6 Å². The summed E-state index contributed by atoms with van der Waals surface area (Å²) in [6.45, 7) is 5.20. The molecule has 4 N–H and O–H groups in total. The van der Waals surface area contributed by atoms with Gasteiger partial charge in [0.15, 0.2) is 0 Å². The molecule has 0 bridgehead atoms. The van der Waals surface area contributed by atoms with E-state index in [4.69, 9.17) is 5.73 Å². The van der Waals surface area contributed by atoms with Crippen LogP contribution in [-0.2, 0) is 0 Å². The number of nitriles is 1. The molecule has 1 aromatic heterocycles. The number of rotatable bonds is 4. The van der Waals surface area contributed by atoms with Crippen LogP contribution >= 0.6 is 0 Å². The summed E-state index contributed by atoms with van der Waals surface area (Å²) < 4.78 is 14.7. The molecular weight excluding hydrogens is 392 g/mol. The molecular formula is C23H25BFN5O. The van der Waals surface area contributed by atoms with E-state index in [0.29, 0.717) is 16.5 Å². The van der Waals surface area contributed by atoms with Crippen LogP contribution in [0.25, 0.3) is 21.9 Å². The minimum absolute atomic E-state index is 0.163. The predicted octanol–water partition coefficient (Wildman–Crippen LogP) is 3.79. The van der Waals surface area contributed by atoms with E-state index in [1.165, 1.54) is 6.07 Å². The summed E-state index contributed by atoms with van der Waals surface area (Å²) >= 11 is 0. The first-order valence-corrected chi connectivity index (χ1v) is 10.5. The molecule has 8 heteroatoms. The molecule has 0 amide bonds. The Hall–Kier alpha value is -3.15. The van der Waals surface area contributed by atoms with Gasteiger partial charge < -0.3 is 20.9 Å². The van der Waals surface area contributed by atoms with Gasteiger partial charge in [0.2, 0.25) is 0 Å². The van der Waals surface area contributed by atoms with Crippen LogP contribution in [0.2, 0.25) is 6.82 Å². The number of piperidine rings is 1. The number of nitrogens with one attached hydrogen (secondary N) is 1. The van der Waals surface area contributed by atoms with Crippen LogP contribution in [-0.4, -0.2) is 41.0 Å². The number of hydrogen-bond acceptors (Lipinski definition) is 6. The Bertz CT molecular complexity index is 1150. The molecule has 1 saturated heterocycles. The number of aromatic nitrogens is 1. The monoisotopic (exact) mass is 417 g/mol. The van der Waals surface area contributed by atoms with Gasteiger partial charge in [-0.3, -0.25) is 0 Å². The fourth-order valence-corrected chi connectivity index (χ4v) is 4.38. The fourth-order valence-electron chi connectivity index (χ4n) is 4.38. The third-order valence-electron chi connectivity index (χ3n) is 6.06. The molecule has 0 atom stereocenters. The lowest BCUT2D eigenvalue weighted by molar-refractivity contribution is 0.298. The Balaban J connectivity index is 1.82. The zero-order valence-electron chi connectivity index (χ0n) is 17.7. The summed E-state index contributed by atoms with van der Waals surface area (Å²) in [6, 6.07) is 11.1. The normalized spacial score (nSPS) is 15.1. The van der Waals surface area contributed by atoms with Crippen LogP contribution in [0.4, 0.5) is 15.9 Å². The van der Waals surface area contributed by atoms with E-state index < -0.39 is 7.05 Å². The van der Waals surface area contributed by atoms with E-state index in [2.05, 4.69) is 16.4 Å². The second-order valence-electron chi connectivity index (χ2n) is 8.14. The topological polar surface area (TPSA) is 98.2 Å². The molecule has 1 aliphatic rings. The third-order valence-corrected chi connectivity index (χ3v) is 6.06. The minimum atomic E-state index is -0.467. The maximum atomic E-state index is 14.7. The van der Waals surface area contributed by atoms with Crippen LogP contribution in [0.1, 0.15) is 24.0 Å². The summed E-state index contributed by atoms with van der Waals surface area (Å²) in [7, 11) is -0.467. The zero-order chi connectivity index (χ0) is 22.1. The molecule has 2 heterocycles. The maximum Gasteiger partial charge on any atom is 0.376 e. The van der Waals surface area contributed by atoms with Crippen molar-refractivity contribution in [3.8, 4) is 17.2 Å². The lowest BCUT2D eigenvalue weighted by atomic mass is 9.82. The quantitative estimate of drug-likeness (QED) is 0.559. The van der Waals surface area contributed by atoms with Crippen molar-refractivity contribution in [3.63, 3.8) is 0 Å². The number of nitrogens with zero attached hydrogens (tertiary/aromatic N) is 3. The van der Waals surface area contributed by atoms with Gasteiger partial charge in [0.1, 0.15) is 23.3 Å². The van der Waals surface area contributed by atoms with Gasteiger partial charge in [0.05, 0.1) is 0 Å². The first-order valence-electron chi connectivity index (χ1n) is 10.5. The van der Waals surface area contributed by atoms with E-state index in [1.807, 2.05) is 29.9 Å². The number of pyridine rings is 1. The molecule has 0 aliphatic carbocycles. The van der Waals surface area contributed by atoms with Crippen molar-refractivity contribution >= 4 is 29.3 Å². The van der Waals surface area contributed by atoms with Crippen LogP contribution in [0.3, 0.4) is 0 Å². The number of fused-ring (bicyclic) bond motifs is 1. The summed E-state index contributed by atoms with van der Waals surface area (Å²) in [4.78, 5) is 6.20. The van der Waals surface area contributed by atoms with Crippen LogP contribution in [0.15, 0.2) is 36.5 Å². The fraction of sp³-hybridized carbons (Fsp3) is 0.304. The minimum Gasteiger partial charge on any atom is -0.437 e. The Labute approximate surface area is 181 Å². The van der Waals surface area contributed by atoms with Crippen LogP contribution in [0.5, 0.6) is 0 Å². The molecule has 158 valence electrons. The van der Waals surface area contributed by atoms with Crippen molar-refractivity contribution in [2.75, 3.05) is 24.1 Å². The molecule has 4 rings (SSSR count). The highest BCUT2D eigenvalue weighted by molar-refractivity contribution is 6.45. The van der Waals surface area contributed by atoms with Crippen molar-refractivity contribution in [2.24, 2.45) is 0 Å². The second kappa shape index (κ2) is 8.54. The SMILES string of the molecule is CB(O)N1CCC(Nc2cc(-c3c(C)cccc3F)cc3cnc(N)c(C#N)c23)CC1. The lowest BCUT2D eigenvalue weighted by Crippen LogP contribution is -2.45. The van der Waals surface area contributed by atoms with Gasteiger partial charge in [-0.1, -0.05) is 12.1 Å². The predicted molar refractivity (Wildman–Crippen MR) is 123 cm³/mol. The molecule has 1 fully saturated rings. The number of hydrogen-bond donors (Lipinski definition) is 3. The summed E-state index contributed by atoms with van der Waals surface area (Å²) in [5.74, 6) is -0.115. The number of aryl methyl sites for hydroxylation is 1. The van der Waals surface area contributed by atoms with Gasteiger partial charge >= 0.3 is 7.05 Å². The summed E-state index contributed by atoms with van der Waals surface area (Å²) in [6.07, 6.45) is 3.32. The molecule has 3 aromatic rings. The first kappa shape index (κ1) is 21.1. The number of halogens is 1. The van der Waals surface area contributed by atoms with Gasteiger partial charge in [-0.05, 0) is 69.0 Å². The highest BCUT2D eigenvalue weighted by Gasteiger charge is 2.25. The molecule has 0 spiro atoms. The Morgan fingerprint density at radius 2 is 2.06 bits per heavy atom. The molecule has 0 unspecified atom stereocenters. The highest BCUT2D eigenvalue weighted by Crippen LogP contribution is 2.37. The Kier molecular flexibility index (Phi) is 5.81. The zero-order valence-corrected chi connectivity index (χ0v) is 17.7. The molecule has 0 saturated carbocycles. The number of nitrogens with two attached hydrogens (primary N) is 1. The van der Waals surface area contributed by atoms with Crippen molar-refractivity contribution in [1.29, 1.82) is 5.26 Å². The van der Waals surface area contributed by atoms with E-state index in [9.17, 15) is 14.7 Å². The van der Waals surface area contributed by atoms with Crippen LogP contribution < -0.4 is 11.1 Å². The Morgan fingerprint density at radius 3 is 2.71 bits per heavy atom. The number of anilines is 2. The van der Waals surface area contributed by atoms with E-state index in [0.717, 1.165) is 48.1 Å². The summed E-state index contributed by atoms with van der Waals surface area (Å²) in [5, 5.41) is 24.5. The molecule has 1 aliphatic heterocycles. The first-order chi connectivity index (χ1) is 14.9. The standard InChI is InChI=1S/C23H25BFN5O/c1-14-4-3-5-19(25)21(14)15-10-16-13-28-23(27)18(12-26)22(16)20(11-15)29-17-6-8-30(9-7-17)24(2)31/h3-5,10-11,13,17,29,31H,6-9H2,1-2H3,(H2,27,28). The van der Waals surface area contributed by atoms with Crippen molar-refractivity contribution in [1.82, 2.24) is 9.79 Å². The van der Waals surface area contributed by atoms with Gasteiger partial charge in [-0.15, -0.1) is 0 Å². The molecule has 6 nitrogen and oxygen atoms in total. The van der Waals surface area contributed by atoms with Gasteiger partial charge in [0, 0.05) is 34.3 Å². The number of nitrogen functional groups attached to an aromatic ring is 1. The lowest BCUT2D eigenvalue weighted by Gasteiger charge is -2.33.